The zero-order valence-electron chi connectivity index (χ0n) is 11.5. The molecule has 6 heteroatoms. The Bertz CT molecular complexity index is 713. The second kappa shape index (κ2) is 6.78. The molecule has 21 heavy (non-hydrogen) atoms. The standard InChI is InChI=1S/C15H14N2O2S2/c1-18-11-2-4-12(5-3-11)19-7-9-21-15-14-13(6-8-20-14)16-10-17-15/h2-6,8,10H,7,9H2,1H3. The molecule has 2 heterocycles. The molecule has 0 bridgehead atoms. The topological polar surface area (TPSA) is 44.2 Å². The Hall–Kier alpha value is -1.79. The first kappa shape index (κ1) is 14.2. The first-order valence-corrected chi connectivity index (χ1v) is 8.31. The number of fused-ring (bicyclic) bond motifs is 1. The summed E-state index contributed by atoms with van der Waals surface area (Å²) < 4.78 is 12.0. The van der Waals surface area contributed by atoms with Gasteiger partial charge in [-0.15, -0.1) is 23.1 Å². The molecule has 3 aromatic rings. The number of thioether (sulfide) groups is 1. The lowest BCUT2D eigenvalue weighted by molar-refractivity contribution is 0.342. The molecule has 0 saturated heterocycles. The van der Waals surface area contributed by atoms with Gasteiger partial charge in [0.15, 0.2) is 0 Å². The molecule has 4 nitrogen and oxygen atoms in total. The maximum Gasteiger partial charge on any atom is 0.119 e. The van der Waals surface area contributed by atoms with Gasteiger partial charge in [0.1, 0.15) is 22.9 Å². The van der Waals surface area contributed by atoms with Crippen molar-refractivity contribution in [3.05, 3.63) is 42.0 Å². The number of ether oxygens (including phenoxy) is 2. The van der Waals surface area contributed by atoms with Gasteiger partial charge in [-0.2, -0.15) is 0 Å². The fourth-order valence-corrected chi connectivity index (χ4v) is 3.61. The molecule has 1 aromatic carbocycles. The van der Waals surface area contributed by atoms with Gasteiger partial charge in [0.05, 0.1) is 23.9 Å². The quantitative estimate of drug-likeness (QED) is 0.392. The Labute approximate surface area is 131 Å². The lowest BCUT2D eigenvalue weighted by atomic mass is 10.3. The van der Waals surface area contributed by atoms with Gasteiger partial charge in [-0.3, -0.25) is 0 Å². The van der Waals surface area contributed by atoms with Crippen LogP contribution in [0.25, 0.3) is 10.2 Å². The molecule has 0 aliphatic rings. The molecule has 0 saturated carbocycles. The molecule has 0 unspecified atom stereocenters. The zero-order chi connectivity index (χ0) is 14.5. The third kappa shape index (κ3) is 3.46. The van der Waals surface area contributed by atoms with Crippen molar-refractivity contribution in [2.75, 3.05) is 19.5 Å². The van der Waals surface area contributed by atoms with Crippen molar-refractivity contribution >= 4 is 33.3 Å². The Morgan fingerprint density at radius 1 is 1.10 bits per heavy atom. The van der Waals surface area contributed by atoms with Gasteiger partial charge in [0.25, 0.3) is 0 Å². The molecule has 0 N–H and O–H groups in total. The van der Waals surface area contributed by atoms with Crippen molar-refractivity contribution in [1.29, 1.82) is 0 Å². The summed E-state index contributed by atoms with van der Waals surface area (Å²) in [5.41, 5.74) is 1.01. The molecule has 0 aliphatic heterocycles. The van der Waals surface area contributed by atoms with E-state index >= 15 is 0 Å². The minimum Gasteiger partial charge on any atom is -0.497 e. The van der Waals surface area contributed by atoms with Gasteiger partial charge in [-0.1, -0.05) is 0 Å². The van der Waals surface area contributed by atoms with Gasteiger partial charge in [0, 0.05) is 5.75 Å². The van der Waals surface area contributed by atoms with Crippen molar-refractivity contribution in [3.8, 4) is 11.5 Å². The molecule has 0 fully saturated rings. The molecule has 3 rings (SSSR count). The van der Waals surface area contributed by atoms with Gasteiger partial charge >= 0.3 is 0 Å². The second-order valence-electron chi connectivity index (χ2n) is 4.19. The Morgan fingerprint density at radius 2 is 1.90 bits per heavy atom. The van der Waals surface area contributed by atoms with Crippen LogP contribution in [0.1, 0.15) is 0 Å². The van der Waals surface area contributed by atoms with Crippen molar-refractivity contribution in [1.82, 2.24) is 9.97 Å². The van der Waals surface area contributed by atoms with E-state index in [1.165, 1.54) is 0 Å². The first-order chi connectivity index (χ1) is 10.4. The molecule has 108 valence electrons. The van der Waals surface area contributed by atoms with Crippen molar-refractivity contribution in [3.63, 3.8) is 0 Å². The maximum absolute atomic E-state index is 5.70. The number of thiophene rings is 1. The molecular formula is C15H14N2O2S2. The van der Waals surface area contributed by atoms with Crippen LogP contribution >= 0.6 is 23.1 Å². The number of hydrogen-bond acceptors (Lipinski definition) is 6. The Balaban J connectivity index is 1.53. The molecular weight excluding hydrogens is 304 g/mol. The highest BCUT2D eigenvalue weighted by Gasteiger charge is 2.05. The number of hydrogen-bond donors (Lipinski definition) is 0. The summed E-state index contributed by atoms with van der Waals surface area (Å²) in [5.74, 6) is 2.52. The second-order valence-corrected chi connectivity index (χ2v) is 6.19. The van der Waals surface area contributed by atoms with E-state index in [1.54, 1.807) is 36.5 Å². The summed E-state index contributed by atoms with van der Waals surface area (Å²) in [6.07, 6.45) is 1.61. The SMILES string of the molecule is COc1ccc(OCCSc2ncnc3ccsc23)cc1. The summed E-state index contributed by atoms with van der Waals surface area (Å²) in [6, 6.07) is 9.61. The van der Waals surface area contributed by atoms with Gasteiger partial charge in [-0.25, -0.2) is 9.97 Å². The molecule has 2 aromatic heterocycles. The van der Waals surface area contributed by atoms with Crippen LogP contribution in [-0.2, 0) is 0 Å². The summed E-state index contributed by atoms with van der Waals surface area (Å²) in [4.78, 5) is 8.57. The third-order valence-electron chi connectivity index (χ3n) is 2.86. The monoisotopic (exact) mass is 318 g/mol. The smallest absolute Gasteiger partial charge is 0.119 e. The molecule has 0 amide bonds. The Morgan fingerprint density at radius 3 is 2.71 bits per heavy atom. The minimum atomic E-state index is 0.633. The number of benzene rings is 1. The van der Waals surface area contributed by atoms with Crippen LogP contribution in [0.2, 0.25) is 0 Å². The van der Waals surface area contributed by atoms with Crippen LogP contribution in [0.4, 0.5) is 0 Å². The lowest BCUT2D eigenvalue weighted by Gasteiger charge is -2.07. The van der Waals surface area contributed by atoms with Crippen molar-refractivity contribution in [2.24, 2.45) is 0 Å². The summed E-state index contributed by atoms with van der Waals surface area (Å²) >= 11 is 3.36. The highest BCUT2D eigenvalue weighted by Crippen LogP contribution is 2.28. The number of methoxy groups -OCH3 is 1. The van der Waals surface area contributed by atoms with E-state index in [1.807, 2.05) is 35.7 Å². The fourth-order valence-electron chi connectivity index (χ4n) is 1.84. The minimum absolute atomic E-state index is 0.633. The van der Waals surface area contributed by atoms with E-state index in [4.69, 9.17) is 9.47 Å². The number of nitrogens with zero attached hydrogens (tertiary/aromatic N) is 2. The van der Waals surface area contributed by atoms with Crippen LogP contribution in [0, 0.1) is 0 Å². The van der Waals surface area contributed by atoms with Crippen LogP contribution < -0.4 is 9.47 Å². The number of aromatic nitrogens is 2. The Kier molecular flexibility index (Phi) is 4.57. The van der Waals surface area contributed by atoms with Gasteiger partial charge in [-0.05, 0) is 35.7 Å². The summed E-state index contributed by atoms with van der Waals surface area (Å²) in [6.45, 7) is 0.633. The van der Waals surface area contributed by atoms with Crippen LogP contribution in [0.3, 0.4) is 0 Å². The van der Waals surface area contributed by atoms with E-state index in [-0.39, 0.29) is 0 Å². The molecule has 0 aliphatic carbocycles. The fraction of sp³-hybridized carbons (Fsp3) is 0.200. The van der Waals surface area contributed by atoms with Gasteiger partial charge in [0.2, 0.25) is 0 Å². The molecule has 0 radical (unpaired) electrons. The van der Waals surface area contributed by atoms with Crippen LogP contribution in [0.15, 0.2) is 47.1 Å². The zero-order valence-corrected chi connectivity index (χ0v) is 13.1. The average molecular weight is 318 g/mol. The predicted molar refractivity (Wildman–Crippen MR) is 86.6 cm³/mol. The highest BCUT2D eigenvalue weighted by molar-refractivity contribution is 7.99. The summed E-state index contributed by atoms with van der Waals surface area (Å²) in [7, 11) is 1.65. The molecule has 0 atom stereocenters. The largest absolute Gasteiger partial charge is 0.497 e. The van der Waals surface area contributed by atoms with Crippen molar-refractivity contribution in [2.45, 2.75) is 5.03 Å². The third-order valence-corrected chi connectivity index (χ3v) is 4.85. The van der Waals surface area contributed by atoms with E-state index < -0.39 is 0 Å². The molecule has 0 spiro atoms. The van der Waals surface area contributed by atoms with E-state index in [0.717, 1.165) is 32.5 Å². The van der Waals surface area contributed by atoms with E-state index in [9.17, 15) is 0 Å². The maximum atomic E-state index is 5.70. The first-order valence-electron chi connectivity index (χ1n) is 6.44. The average Bonchev–Trinajstić information content (AvgIpc) is 3.01. The van der Waals surface area contributed by atoms with Crippen LogP contribution in [-0.4, -0.2) is 29.4 Å². The van der Waals surface area contributed by atoms with E-state index in [2.05, 4.69) is 9.97 Å². The van der Waals surface area contributed by atoms with Crippen molar-refractivity contribution < 1.29 is 9.47 Å². The summed E-state index contributed by atoms with van der Waals surface area (Å²) in [5, 5.41) is 3.06. The van der Waals surface area contributed by atoms with E-state index in [0.29, 0.717) is 6.61 Å². The predicted octanol–water partition coefficient (Wildman–Crippen LogP) is 3.87. The number of rotatable bonds is 6. The highest BCUT2D eigenvalue weighted by atomic mass is 32.2. The normalized spacial score (nSPS) is 10.7. The van der Waals surface area contributed by atoms with Crippen LogP contribution in [0.5, 0.6) is 11.5 Å². The van der Waals surface area contributed by atoms with Gasteiger partial charge < -0.3 is 9.47 Å². The lowest BCUT2D eigenvalue weighted by Crippen LogP contribution is -2.00.